The minimum Gasteiger partial charge on any atom is -0.480 e. The first-order chi connectivity index (χ1) is 18.1. The number of amides is 2. The first-order valence-corrected chi connectivity index (χ1v) is 13.9. The van der Waals surface area contributed by atoms with Crippen LogP contribution in [0.15, 0.2) is 30.3 Å². The molecule has 6 unspecified atom stereocenters. The van der Waals surface area contributed by atoms with E-state index in [1.807, 2.05) is 36.9 Å². The van der Waals surface area contributed by atoms with Crippen molar-refractivity contribution < 1.29 is 29.0 Å². The fourth-order valence-corrected chi connectivity index (χ4v) is 4.66. The SMILES string of the molecule is CC.CCC(C)C(C)C(CC(=O)N1CCCC1C(OC)C(C)C(=O)NCC(=O)O)OC.Cc1ccccc1. The van der Waals surface area contributed by atoms with Crippen LogP contribution < -0.4 is 5.32 Å². The average molecular weight is 537 g/mol. The molecule has 0 bridgehead atoms. The summed E-state index contributed by atoms with van der Waals surface area (Å²) in [5, 5.41) is 11.2. The summed E-state index contributed by atoms with van der Waals surface area (Å²) in [7, 11) is 3.17. The lowest BCUT2D eigenvalue weighted by atomic mass is 9.87. The lowest BCUT2D eigenvalue weighted by molar-refractivity contribution is -0.143. The molecular formula is C30H52N2O6. The second kappa shape index (κ2) is 19.6. The Morgan fingerprint density at radius 2 is 1.68 bits per heavy atom. The zero-order chi connectivity index (χ0) is 29.3. The number of hydrogen-bond donors (Lipinski definition) is 2. The first kappa shape index (κ1) is 35.5. The van der Waals surface area contributed by atoms with Gasteiger partial charge in [-0.25, -0.2) is 0 Å². The summed E-state index contributed by atoms with van der Waals surface area (Å²) >= 11 is 0. The Balaban J connectivity index is 0.00000129. The number of methoxy groups -OCH3 is 2. The molecule has 1 aliphatic rings. The summed E-state index contributed by atoms with van der Waals surface area (Å²) in [6.45, 7) is 14.4. The third kappa shape index (κ3) is 11.9. The zero-order valence-electron chi connectivity index (χ0n) is 25.0. The molecule has 2 amide bonds. The Kier molecular flexibility index (Phi) is 18.3. The normalized spacial score (nSPS) is 18.4. The van der Waals surface area contributed by atoms with Crippen molar-refractivity contribution in [1.82, 2.24) is 10.2 Å². The van der Waals surface area contributed by atoms with Gasteiger partial charge in [0.25, 0.3) is 0 Å². The number of benzene rings is 1. The summed E-state index contributed by atoms with van der Waals surface area (Å²) in [5.74, 6) is -1.35. The summed E-state index contributed by atoms with van der Waals surface area (Å²) in [5.41, 5.74) is 1.32. The molecule has 2 N–H and O–H groups in total. The number of aryl methyl sites for hydroxylation is 1. The predicted molar refractivity (Wildman–Crippen MR) is 152 cm³/mol. The topological polar surface area (TPSA) is 105 Å². The lowest BCUT2D eigenvalue weighted by Crippen LogP contribution is -2.50. The number of carboxylic acids is 1. The minimum atomic E-state index is -1.10. The van der Waals surface area contributed by atoms with Crippen LogP contribution >= 0.6 is 0 Å². The molecule has 6 atom stereocenters. The summed E-state index contributed by atoms with van der Waals surface area (Å²) < 4.78 is 11.2. The third-order valence-corrected chi connectivity index (χ3v) is 7.34. The Labute approximate surface area is 230 Å². The van der Waals surface area contributed by atoms with E-state index in [1.165, 1.54) is 12.7 Å². The molecule has 1 saturated heterocycles. The zero-order valence-corrected chi connectivity index (χ0v) is 25.0. The van der Waals surface area contributed by atoms with Crippen LogP contribution in [0.25, 0.3) is 0 Å². The Hall–Kier alpha value is -2.45. The van der Waals surface area contributed by atoms with E-state index in [9.17, 15) is 14.4 Å². The second-order valence-corrected chi connectivity index (χ2v) is 9.77. The van der Waals surface area contributed by atoms with Crippen LogP contribution in [0, 0.1) is 24.7 Å². The fourth-order valence-electron chi connectivity index (χ4n) is 4.66. The molecule has 0 aromatic heterocycles. The highest BCUT2D eigenvalue weighted by atomic mass is 16.5. The van der Waals surface area contributed by atoms with Gasteiger partial charge in [0.15, 0.2) is 0 Å². The number of ether oxygens (including phenoxy) is 2. The van der Waals surface area contributed by atoms with Crippen LogP contribution in [0.2, 0.25) is 0 Å². The van der Waals surface area contributed by atoms with Gasteiger partial charge in [0.1, 0.15) is 6.54 Å². The van der Waals surface area contributed by atoms with Crippen LogP contribution in [0.1, 0.15) is 72.8 Å². The largest absolute Gasteiger partial charge is 0.480 e. The van der Waals surface area contributed by atoms with E-state index in [0.29, 0.717) is 18.9 Å². The van der Waals surface area contributed by atoms with Gasteiger partial charge in [-0.2, -0.15) is 0 Å². The van der Waals surface area contributed by atoms with Gasteiger partial charge in [-0.3, -0.25) is 14.4 Å². The van der Waals surface area contributed by atoms with Gasteiger partial charge in [-0.05, 0) is 31.6 Å². The summed E-state index contributed by atoms with van der Waals surface area (Å²) in [4.78, 5) is 37.9. The molecule has 1 aromatic carbocycles. The van der Waals surface area contributed by atoms with Gasteiger partial charge in [0.05, 0.1) is 30.6 Å². The van der Waals surface area contributed by atoms with E-state index in [-0.39, 0.29) is 24.0 Å². The molecule has 0 aliphatic carbocycles. The van der Waals surface area contributed by atoms with Gasteiger partial charge >= 0.3 is 5.97 Å². The summed E-state index contributed by atoms with van der Waals surface area (Å²) in [6.07, 6.45) is 2.27. The first-order valence-electron chi connectivity index (χ1n) is 13.9. The smallest absolute Gasteiger partial charge is 0.322 e. The Bertz CT molecular complexity index is 803. The number of carbonyl (C=O) groups is 3. The number of nitrogens with one attached hydrogen (secondary N) is 1. The molecular weight excluding hydrogens is 484 g/mol. The quantitative estimate of drug-likeness (QED) is 0.392. The Morgan fingerprint density at radius 1 is 1.08 bits per heavy atom. The van der Waals surface area contributed by atoms with Crippen molar-refractivity contribution in [2.24, 2.45) is 17.8 Å². The highest BCUT2D eigenvalue weighted by Crippen LogP contribution is 2.29. The maximum Gasteiger partial charge on any atom is 0.322 e. The van der Waals surface area contributed by atoms with Gasteiger partial charge in [0, 0.05) is 20.8 Å². The van der Waals surface area contributed by atoms with Gasteiger partial charge < -0.3 is 24.8 Å². The third-order valence-electron chi connectivity index (χ3n) is 7.34. The van der Waals surface area contributed by atoms with E-state index >= 15 is 0 Å². The monoisotopic (exact) mass is 536 g/mol. The maximum atomic E-state index is 13.1. The second-order valence-electron chi connectivity index (χ2n) is 9.77. The van der Waals surface area contributed by atoms with Gasteiger partial charge in [-0.15, -0.1) is 0 Å². The standard InChI is InChI=1S/C21H38N2O6.C7H8.C2H6/c1-7-13(2)14(3)17(28-5)11-18(24)23-10-8-9-16(23)20(29-6)15(4)21(27)22-12-19(25)26;1-7-5-3-2-4-6-7;1-2/h13-17,20H,7-12H2,1-6H3,(H,22,27)(H,25,26);2-6H,1H3;1-2H3. The molecule has 218 valence electrons. The number of carbonyl (C=O) groups excluding carboxylic acids is 2. The highest BCUT2D eigenvalue weighted by Gasteiger charge is 2.40. The van der Waals surface area contributed by atoms with E-state index in [0.717, 1.165) is 19.3 Å². The number of hydrogen-bond acceptors (Lipinski definition) is 5. The summed E-state index contributed by atoms with van der Waals surface area (Å²) in [6, 6.07) is 10.0. The lowest BCUT2D eigenvalue weighted by Gasteiger charge is -2.35. The van der Waals surface area contributed by atoms with Crippen molar-refractivity contribution in [2.45, 2.75) is 92.4 Å². The molecule has 1 aliphatic heterocycles. The molecule has 1 aromatic rings. The van der Waals surface area contributed by atoms with E-state index in [4.69, 9.17) is 14.6 Å². The van der Waals surface area contributed by atoms with Crippen molar-refractivity contribution in [3.63, 3.8) is 0 Å². The van der Waals surface area contributed by atoms with Crippen molar-refractivity contribution in [3.8, 4) is 0 Å². The van der Waals surface area contributed by atoms with Crippen LogP contribution in [0.4, 0.5) is 0 Å². The number of aliphatic carboxylic acids is 1. The molecule has 0 saturated carbocycles. The van der Waals surface area contributed by atoms with Gasteiger partial charge in [0.2, 0.25) is 11.8 Å². The molecule has 1 fully saturated rings. The van der Waals surface area contributed by atoms with Crippen molar-refractivity contribution in [1.29, 1.82) is 0 Å². The average Bonchev–Trinajstić information content (AvgIpc) is 3.41. The van der Waals surface area contributed by atoms with E-state index in [2.05, 4.69) is 45.1 Å². The van der Waals surface area contributed by atoms with E-state index in [1.54, 1.807) is 14.0 Å². The Morgan fingerprint density at radius 3 is 2.13 bits per heavy atom. The molecule has 8 heteroatoms. The molecule has 1 heterocycles. The number of carboxylic acid groups (broad SMARTS) is 1. The fraction of sp³-hybridized carbons (Fsp3) is 0.700. The predicted octanol–water partition coefficient (Wildman–Crippen LogP) is 4.94. The molecule has 0 spiro atoms. The van der Waals surface area contributed by atoms with Crippen molar-refractivity contribution in [3.05, 3.63) is 35.9 Å². The molecule has 8 nitrogen and oxygen atoms in total. The number of nitrogens with zero attached hydrogens (tertiary/aromatic N) is 1. The highest BCUT2D eigenvalue weighted by molar-refractivity contribution is 5.83. The van der Waals surface area contributed by atoms with Gasteiger partial charge in [-0.1, -0.05) is 83.9 Å². The van der Waals surface area contributed by atoms with Crippen molar-refractivity contribution >= 4 is 17.8 Å². The molecule has 2 rings (SSSR count). The van der Waals surface area contributed by atoms with E-state index < -0.39 is 30.4 Å². The van der Waals surface area contributed by atoms with Crippen LogP contribution in [-0.4, -0.2) is 73.3 Å². The van der Waals surface area contributed by atoms with Crippen molar-refractivity contribution in [2.75, 3.05) is 27.3 Å². The molecule has 38 heavy (non-hydrogen) atoms. The van der Waals surface area contributed by atoms with Crippen LogP contribution in [-0.2, 0) is 23.9 Å². The minimum absolute atomic E-state index is 0.00898. The van der Waals surface area contributed by atoms with Crippen LogP contribution in [0.3, 0.4) is 0 Å². The molecule has 0 radical (unpaired) electrons. The maximum absolute atomic E-state index is 13.1. The number of likely N-dealkylation sites (tertiary alicyclic amines) is 1. The number of rotatable bonds is 12. The van der Waals surface area contributed by atoms with Crippen LogP contribution in [0.5, 0.6) is 0 Å².